The lowest BCUT2D eigenvalue weighted by Crippen LogP contribution is -2.39. The summed E-state index contributed by atoms with van der Waals surface area (Å²) in [4.78, 5) is 22.5. The van der Waals surface area contributed by atoms with Crippen molar-refractivity contribution in [2.75, 3.05) is 0 Å². The molecule has 0 bridgehead atoms. The van der Waals surface area contributed by atoms with Crippen LogP contribution in [0.2, 0.25) is 0 Å². The van der Waals surface area contributed by atoms with E-state index in [0.717, 1.165) is 18.9 Å². The normalized spacial score (nSPS) is 15.7. The molecular formula is C14H15F2NO3. The third kappa shape index (κ3) is 3.76. The van der Waals surface area contributed by atoms with Crippen molar-refractivity contribution in [3.8, 4) is 0 Å². The van der Waals surface area contributed by atoms with Gasteiger partial charge in [-0.15, -0.1) is 0 Å². The first-order valence-corrected chi connectivity index (χ1v) is 6.41. The number of amides is 1. The van der Waals surface area contributed by atoms with Crippen LogP contribution in [0.3, 0.4) is 0 Å². The summed E-state index contributed by atoms with van der Waals surface area (Å²) in [5, 5.41) is 11.4. The Labute approximate surface area is 114 Å². The summed E-state index contributed by atoms with van der Waals surface area (Å²) in [6.45, 7) is 0. The number of rotatable bonds is 6. The molecule has 6 heteroatoms. The van der Waals surface area contributed by atoms with E-state index in [2.05, 4.69) is 5.32 Å². The molecule has 0 aliphatic heterocycles. The molecule has 1 saturated carbocycles. The Kier molecular flexibility index (Phi) is 4.32. The van der Waals surface area contributed by atoms with Gasteiger partial charge < -0.3 is 10.4 Å². The maximum absolute atomic E-state index is 13.4. The van der Waals surface area contributed by atoms with Crippen LogP contribution in [0, 0.1) is 17.6 Å². The van der Waals surface area contributed by atoms with Crippen LogP contribution in [0.1, 0.15) is 24.8 Å². The molecule has 1 aliphatic rings. The van der Waals surface area contributed by atoms with Crippen LogP contribution in [-0.2, 0) is 16.0 Å². The van der Waals surface area contributed by atoms with Crippen molar-refractivity contribution in [3.63, 3.8) is 0 Å². The molecule has 1 aromatic carbocycles. The predicted molar refractivity (Wildman–Crippen MR) is 67.0 cm³/mol. The fourth-order valence-corrected chi connectivity index (χ4v) is 2.14. The highest BCUT2D eigenvalue weighted by molar-refractivity contribution is 5.79. The maximum atomic E-state index is 13.4. The van der Waals surface area contributed by atoms with Gasteiger partial charge in [0.15, 0.2) is 11.6 Å². The first kappa shape index (κ1) is 14.4. The Morgan fingerprint density at radius 2 is 2.05 bits per heavy atom. The molecule has 0 spiro atoms. The minimum atomic E-state index is -1.04. The van der Waals surface area contributed by atoms with E-state index in [1.165, 1.54) is 12.1 Å². The summed E-state index contributed by atoms with van der Waals surface area (Å²) in [7, 11) is 0. The van der Waals surface area contributed by atoms with Crippen LogP contribution in [0.15, 0.2) is 18.2 Å². The Balaban J connectivity index is 1.97. The van der Waals surface area contributed by atoms with Gasteiger partial charge in [-0.05, 0) is 24.8 Å². The average Bonchev–Trinajstić information content (AvgIpc) is 3.17. The molecule has 1 amide bonds. The fraction of sp³-hybridized carbons (Fsp3) is 0.429. The summed E-state index contributed by atoms with van der Waals surface area (Å²) in [5.74, 6) is -3.34. The van der Waals surface area contributed by atoms with E-state index in [0.29, 0.717) is 0 Å². The second-order valence-corrected chi connectivity index (χ2v) is 5.00. The van der Waals surface area contributed by atoms with Gasteiger partial charge >= 0.3 is 5.97 Å². The first-order chi connectivity index (χ1) is 9.47. The zero-order valence-corrected chi connectivity index (χ0v) is 10.7. The maximum Gasteiger partial charge on any atom is 0.305 e. The zero-order valence-electron chi connectivity index (χ0n) is 10.7. The molecule has 1 aliphatic carbocycles. The SMILES string of the molecule is O=C(O)CC(NC(=O)Cc1cccc(F)c1F)C1CC1. The molecule has 1 atom stereocenters. The lowest BCUT2D eigenvalue weighted by Gasteiger charge is -2.16. The van der Waals surface area contributed by atoms with E-state index in [9.17, 15) is 18.4 Å². The molecule has 0 heterocycles. The molecule has 1 fully saturated rings. The number of aliphatic carboxylic acids is 1. The van der Waals surface area contributed by atoms with Gasteiger partial charge in [-0.1, -0.05) is 12.1 Å². The zero-order chi connectivity index (χ0) is 14.7. The quantitative estimate of drug-likeness (QED) is 0.837. The van der Waals surface area contributed by atoms with Gasteiger partial charge in [0.2, 0.25) is 5.91 Å². The van der Waals surface area contributed by atoms with Crippen LogP contribution in [0.4, 0.5) is 8.78 Å². The average molecular weight is 283 g/mol. The molecule has 0 saturated heterocycles. The number of carbonyl (C=O) groups excluding carboxylic acids is 1. The standard InChI is InChI=1S/C14H15F2NO3/c15-10-3-1-2-9(14(10)16)6-12(18)17-11(7-13(19)20)8-4-5-8/h1-3,8,11H,4-7H2,(H,17,18)(H,19,20). The molecule has 1 unspecified atom stereocenters. The Bertz CT molecular complexity index is 529. The largest absolute Gasteiger partial charge is 0.481 e. The van der Waals surface area contributed by atoms with Gasteiger partial charge in [-0.3, -0.25) is 9.59 Å². The third-order valence-corrected chi connectivity index (χ3v) is 3.31. The molecule has 2 rings (SSSR count). The Morgan fingerprint density at radius 3 is 2.65 bits per heavy atom. The summed E-state index contributed by atoms with van der Waals surface area (Å²) in [6, 6.07) is 3.21. The molecule has 0 aromatic heterocycles. The van der Waals surface area contributed by atoms with Crippen LogP contribution >= 0.6 is 0 Å². The highest BCUT2D eigenvalue weighted by Crippen LogP contribution is 2.34. The van der Waals surface area contributed by atoms with Gasteiger partial charge in [0.1, 0.15) is 0 Å². The van der Waals surface area contributed by atoms with Crippen LogP contribution in [-0.4, -0.2) is 23.0 Å². The van der Waals surface area contributed by atoms with Crippen molar-refractivity contribution in [3.05, 3.63) is 35.4 Å². The van der Waals surface area contributed by atoms with E-state index in [4.69, 9.17) is 5.11 Å². The molecule has 4 nitrogen and oxygen atoms in total. The van der Waals surface area contributed by atoms with E-state index in [1.54, 1.807) is 0 Å². The number of nitrogens with one attached hydrogen (secondary N) is 1. The monoisotopic (exact) mass is 283 g/mol. The molecule has 0 radical (unpaired) electrons. The summed E-state index contributed by atoms with van der Waals surface area (Å²) in [6.07, 6.45) is 1.31. The van der Waals surface area contributed by atoms with Crippen molar-refractivity contribution in [2.45, 2.75) is 31.7 Å². The number of halogens is 2. The van der Waals surface area contributed by atoms with E-state index in [-0.39, 0.29) is 24.3 Å². The molecule has 108 valence electrons. The number of carboxylic acids is 1. The second-order valence-electron chi connectivity index (χ2n) is 5.00. The van der Waals surface area contributed by atoms with Gasteiger partial charge in [0.05, 0.1) is 12.8 Å². The van der Waals surface area contributed by atoms with Crippen LogP contribution in [0.25, 0.3) is 0 Å². The molecule has 2 N–H and O–H groups in total. The topological polar surface area (TPSA) is 66.4 Å². The summed E-state index contributed by atoms with van der Waals surface area (Å²) < 4.78 is 26.4. The number of benzene rings is 1. The first-order valence-electron chi connectivity index (χ1n) is 6.41. The van der Waals surface area contributed by atoms with Crippen molar-refractivity contribution in [1.82, 2.24) is 5.32 Å². The predicted octanol–water partition coefficient (Wildman–Crippen LogP) is 1.88. The Morgan fingerprint density at radius 1 is 1.35 bits per heavy atom. The summed E-state index contributed by atoms with van der Waals surface area (Å²) in [5.41, 5.74) is -0.0348. The van der Waals surface area contributed by atoms with Gasteiger partial charge in [-0.25, -0.2) is 8.78 Å². The minimum absolute atomic E-state index is 0.0348. The third-order valence-electron chi connectivity index (χ3n) is 3.31. The molecular weight excluding hydrogens is 268 g/mol. The number of hydrogen-bond donors (Lipinski definition) is 2. The van der Waals surface area contributed by atoms with Gasteiger partial charge in [0, 0.05) is 11.6 Å². The highest BCUT2D eigenvalue weighted by Gasteiger charge is 2.33. The van der Waals surface area contributed by atoms with E-state index >= 15 is 0 Å². The second kappa shape index (κ2) is 5.98. The highest BCUT2D eigenvalue weighted by atomic mass is 19.2. The summed E-state index contributed by atoms with van der Waals surface area (Å²) >= 11 is 0. The molecule has 1 aromatic rings. The fourth-order valence-electron chi connectivity index (χ4n) is 2.14. The Hall–Kier alpha value is -1.98. The molecule has 20 heavy (non-hydrogen) atoms. The van der Waals surface area contributed by atoms with Gasteiger partial charge in [-0.2, -0.15) is 0 Å². The number of hydrogen-bond acceptors (Lipinski definition) is 2. The van der Waals surface area contributed by atoms with Crippen molar-refractivity contribution in [2.24, 2.45) is 5.92 Å². The minimum Gasteiger partial charge on any atom is -0.481 e. The van der Waals surface area contributed by atoms with Crippen LogP contribution in [0.5, 0.6) is 0 Å². The van der Waals surface area contributed by atoms with E-state index < -0.39 is 29.6 Å². The lowest BCUT2D eigenvalue weighted by molar-refractivity contribution is -0.137. The van der Waals surface area contributed by atoms with Crippen LogP contribution < -0.4 is 5.32 Å². The number of carbonyl (C=O) groups is 2. The smallest absolute Gasteiger partial charge is 0.305 e. The lowest BCUT2D eigenvalue weighted by atomic mass is 10.1. The number of carboxylic acid groups (broad SMARTS) is 1. The van der Waals surface area contributed by atoms with Crippen molar-refractivity contribution >= 4 is 11.9 Å². The van der Waals surface area contributed by atoms with Crippen molar-refractivity contribution in [1.29, 1.82) is 0 Å². The van der Waals surface area contributed by atoms with Gasteiger partial charge in [0.25, 0.3) is 0 Å². The van der Waals surface area contributed by atoms with Crippen molar-refractivity contribution < 1.29 is 23.5 Å². The van der Waals surface area contributed by atoms with E-state index in [1.807, 2.05) is 0 Å².